The van der Waals surface area contributed by atoms with Gasteiger partial charge in [0.1, 0.15) is 0 Å². The number of hydrogen-bond acceptors (Lipinski definition) is 3. The van der Waals surface area contributed by atoms with E-state index in [4.69, 9.17) is 0 Å². The molecule has 1 atom stereocenters. The van der Waals surface area contributed by atoms with E-state index in [1.165, 1.54) is 25.7 Å². The van der Waals surface area contributed by atoms with Crippen molar-refractivity contribution < 1.29 is 4.79 Å². The van der Waals surface area contributed by atoms with Gasteiger partial charge in [0.05, 0.1) is 6.54 Å². The van der Waals surface area contributed by atoms with Gasteiger partial charge in [0.2, 0.25) is 5.91 Å². The molecule has 0 radical (unpaired) electrons. The quantitative estimate of drug-likeness (QED) is 0.765. The summed E-state index contributed by atoms with van der Waals surface area (Å²) in [6, 6.07) is 0.542. The minimum absolute atomic E-state index is 0.307. The van der Waals surface area contributed by atoms with Crippen LogP contribution in [-0.4, -0.2) is 61.5 Å². The van der Waals surface area contributed by atoms with Crippen LogP contribution in [0.25, 0.3) is 0 Å². The molecule has 1 heterocycles. The van der Waals surface area contributed by atoms with Gasteiger partial charge in [0, 0.05) is 19.6 Å². The summed E-state index contributed by atoms with van der Waals surface area (Å²) >= 11 is 0. The lowest BCUT2D eigenvalue weighted by molar-refractivity contribution is -0.132. The summed E-state index contributed by atoms with van der Waals surface area (Å²) in [4.78, 5) is 16.4. The molecule has 0 aromatic rings. The normalized spacial score (nSPS) is 25.1. The average Bonchev–Trinajstić information content (AvgIpc) is 3.20. The molecule has 1 aliphatic heterocycles. The van der Waals surface area contributed by atoms with Crippen molar-refractivity contribution in [3.8, 4) is 0 Å². The molecule has 104 valence electrons. The Morgan fingerprint density at radius 2 is 2.17 bits per heavy atom. The molecule has 2 rings (SSSR count). The van der Waals surface area contributed by atoms with Crippen molar-refractivity contribution in [1.29, 1.82) is 0 Å². The molecule has 4 nitrogen and oxygen atoms in total. The van der Waals surface area contributed by atoms with E-state index in [-0.39, 0.29) is 0 Å². The number of likely N-dealkylation sites (tertiary alicyclic amines) is 1. The zero-order chi connectivity index (χ0) is 13.0. The molecule has 2 aliphatic rings. The third kappa shape index (κ3) is 3.95. The number of carbonyl (C=O) groups is 1. The number of nitrogens with one attached hydrogen (secondary N) is 1. The molecule has 0 aromatic carbocycles. The Morgan fingerprint density at radius 3 is 2.83 bits per heavy atom. The standard InChI is InChI=1S/C14H27N3O/c1-3-15-9-12-5-4-8-17(10-12)11-14(18)16(2)13-6-7-13/h12-13,15H,3-11H2,1-2H3. The highest BCUT2D eigenvalue weighted by atomic mass is 16.2. The Balaban J connectivity index is 1.72. The van der Waals surface area contributed by atoms with Gasteiger partial charge in [0.25, 0.3) is 0 Å². The molecular formula is C14H27N3O. The second-order valence-corrected chi connectivity index (χ2v) is 5.79. The van der Waals surface area contributed by atoms with Crippen LogP contribution in [0, 0.1) is 5.92 Å². The maximum absolute atomic E-state index is 12.1. The van der Waals surface area contributed by atoms with Crippen LogP contribution in [0.3, 0.4) is 0 Å². The molecular weight excluding hydrogens is 226 g/mol. The average molecular weight is 253 g/mol. The Hall–Kier alpha value is -0.610. The maximum Gasteiger partial charge on any atom is 0.236 e. The van der Waals surface area contributed by atoms with Crippen molar-refractivity contribution in [1.82, 2.24) is 15.1 Å². The number of carbonyl (C=O) groups excluding carboxylic acids is 1. The highest BCUT2D eigenvalue weighted by Crippen LogP contribution is 2.25. The van der Waals surface area contributed by atoms with Gasteiger partial charge in [0.15, 0.2) is 0 Å². The molecule has 1 unspecified atom stereocenters. The fourth-order valence-corrected chi connectivity index (χ4v) is 2.78. The molecule has 1 saturated carbocycles. The summed E-state index contributed by atoms with van der Waals surface area (Å²) in [5.74, 6) is 1.03. The molecule has 1 amide bonds. The van der Waals surface area contributed by atoms with Crippen LogP contribution in [0.4, 0.5) is 0 Å². The van der Waals surface area contributed by atoms with Gasteiger partial charge >= 0.3 is 0 Å². The molecule has 4 heteroatoms. The van der Waals surface area contributed by atoms with E-state index < -0.39 is 0 Å². The van der Waals surface area contributed by atoms with Crippen molar-refractivity contribution in [3.05, 3.63) is 0 Å². The number of hydrogen-bond donors (Lipinski definition) is 1. The van der Waals surface area contributed by atoms with Gasteiger partial charge in [-0.25, -0.2) is 0 Å². The Kier molecular flexibility index (Phi) is 5.01. The minimum atomic E-state index is 0.307. The molecule has 1 saturated heterocycles. The Labute approximate surface area is 111 Å². The monoisotopic (exact) mass is 253 g/mol. The fraction of sp³-hybridized carbons (Fsp3) is 0.929. The second kappa shape index (κ2) is 6.53. The number of likely N-dealkylation sites (N-methyl/N-ethyl adjacent to an activating group) is 1. The van der Waals surface area contributed by atoms with Crippen LogP contribution >= 0.6 is 0 Å². The summed E-state index contributed by atoms with van der Waals surface area (Å²) in [5.41, 5.74) is 0. The van der Waals surface area contributed by atoms with Crippen LogP contribution in [-0.2, 0) is 4.79 Å². The SMILES string of the molecule is CCNCC1CCCN(CC(=O)N(C)C2CC2)C1. The van der Waals surface area contributed by atoms with Gasteiger partial charge in [-0.15, -0.1) is 0 Å². The van der Waals surface area contributed by atoms with E-state index in [1.54, 1.807) is 0 Å². The predicted octanol–water partition coefficient (Wildman–Crippen LogP) is 0.929. The molecule has 0 aromatic heterocycles. The predicted molar refractivity (Wildman–Crippen MR) is 73.5 cm³/mol. The lowest BCUT2D eigenvalue weighted by Crippen LogP contribution is -2.45. The first-order chi connectivity index (χ1) is 8.70. The highest BCUT2D eigenvalue weighted by molar-refractivity contribution is 5.78. The number of rotatable bonds is 6. The molecule has 0 spiro atoms. The maximum atomic E-state index is 12.1. The summed E-state index contributed by atoms with van der Waals surface area (Å²) in [6.07, 6.45) is 4.93. The van der Waals surface area contributed by atoms with Gasteiger partial charge in [-0.3, -0.25) is 9.69 Å². The van der Waals surface area contributed by atoms with Crippen molar-refractivity contribution >= 4 is 5.91 Å². The van der Waals surface area contributed by atoms with Crippen LogP contribution in [0.2, 0.25) is 0 Å². The zero-order valence-electron chi connectivity index (χ0n) is 11.8. The third-order valence-corrected chi connectivity index (χ3v) is 4.13. The third-order valence-electron chi connectivity index (χ3n) is 4.13. The van der Waals surface area contributed by atoms with E-state index in [1.807, 2.05) is 11.9 Å². The van der Waals surface area contributed by atoms with Crippen LogP contribution in [0.15, 0.2) is 0 Å². The largest absolute Gasteiger partial charge is 0.342 e. The van der Waals surface area contributed by atoms with Gasteiger partial charge in [-0.1, -0.05) is 6.92 Å². The molecule has 0 bridgehead atoms. The second-order valence-electron chi connectivity index (χ2n) is 5.79. The van der Waals surface area contributed by atoms with E-state index in [2.05, 4.69) is 17.1 Å². The summed E-state index contributed by atoms with van der Waals surface area (Å²) in [7, 11) is 1.96. The van der Waals surface area contributed by atoms with E-state index in [0.29, 0.717) is 18.5 Å². The first-order valence-electron chi connectivity index (χ1n) is 7.39. The van der Waals surface area contributed by atoms with Crippen LogP contribution < -0.4 is 5.32 Å². The van der Waals surface area contributed by atoms with Crippen LogP contribution in [0.1, 0.15) is 32.6 Å². The lowest BCUT2D eigenvalue weighted by atomic mass is 9.98. The summed E-state index contributed by atoms with van der Waals surface area (Å²) in [6.45, 7) is 7.08. The van der Waals surface area contributed by atoms with Crippen molar-refractivity contribution in [3.63, 3.8) is 0 Å². The van der Waals surface area contributed by atoms with E-state index in [0.717, 1.165) is 32.1 Å². The topological polar surface area (TPSA) is 35.6 Å². The first kappa shape index (κ1) is 13.8. The zero-order valence-corrected chi connectivity index (χ0v) is 11.8. The number of piperidine rings is 1. The van der Waals surface area contributed by atoms with Gasteiger partial charge in [-0.2, -0.15) is 0 Å². The van der Waals surface area contributed by atoms with Crippen LogP contribution in [0.5, 0.6) is 0 Å². The number of nitrogens with zero attached hydrogens (tertiary/aromatic N) is 2. The Morgan fingerprint density at radius 1 is 1.39 bits per heavy atom. The van der Waals surface area contributed by atoms with Crippen molar-refractivity contribution in [2.45, 2.75) is 38.6 Å². The summed E-state index contributed by atoms with van der Waals surface area (Å²) < 4.78 is 0. The van der Waals surface area contributed by atoms with Crippen molar-refractivity contribution in [2.24, 2.45) is 5.92 Å². The lowest BCUT2D eigenvalue weighted by Gasteiger charge is -2.33. The highest BCUT2D eigenvalue weighted by Gasteiger charge is 2.30. The van der Waals surface area contributed by atoms with Gasteiger partial charge in [-0.05, 0) is 51.2 Å². The van der Waals surface area contributed by atoms with Gasteiger partial charge < -0.3 is 10.2 Å². The van der Waals surface area contributed by atoms with Crippen molar-refractivity contribution in [2.75, 3.05) is 39.8 Å². The minimum Gasteiger partial charge on any atom is -0.342 e. The first-order valence-corrected chi connectivity index (χ1v) is 7.39. The van der Waals surface area contributed by atoms with E-state index in [9.17, 15) is 4.79 Å². The molecule has 2 fully saturated rings. The Bertz CT molecular complexity index is 278. The number of amides is 1. The van der Waals surface area contributed by atoms with E-state index >= 15 is 0 Å². The smallest absolute Gasteiger partial charge is 0.236 e. The molecule has 1 N–H and O–H groups in total. The molecule has 1 aliphatic carbocycles. The molecule has 18 heavy (non-hydrogen) atoms. The fourth-order valence-electron chi connectivity index (χ4n) is 2.78. The summed E-state index contributed by atoms with van der Waals surface area (Å²) in [5, 5.41) is 3.42.